The number of nitrogens with two attached hydrogens (primary N) is 1. The van der Waals surface area contributed by atoms with E-state index < -0.39 is 42.0 Å². The zero-order chi connectivity index (χ0) is 26.9. The molecule has 3 unspecified atom stereocenters. The first-order valence-corrected chi connectivity index (χ1v) is 12.2. The van der Waals surface area contributed by atoms with E-state index in [1.807, 2.05) is 45.9 Å². The van der Waals surface area contributed by atoms with Crippen molar-refractivity contribution in [2.45, 2.75) is 98.4 Å². The molecule has 0 aliphatic heterocycles. The van der Waals surface area contributed by atoms with Crippen molar-refractivity contribution in [2.24, 2.45) is 5.73 Å². The SMILES string of the molecule is CCCC(C)NC(=O)C(c1ccc(C)c(C)c1)N(CC)C(=O)C(CC(N)=O)NC(=O)OC(C)(C)C. The second kappa shape index (κ2) is 13.1. The summed E-state index contributed by atoms with van der Waals surface area (Å²) >= 11 is 0. The molecule has 0 fully saturated rings. The van der Waals surface area contributed by atoms with Gasteiger partial charge >= 0.3 is 6.09 Å². The van der Waals surface area contributed by atoms with Crippen LogP contribution >= 0.6 is 0 Å². The second-order valence-corrected chi connectivity index (χ2v) is 9.94. The van der Waals surface area contributed by atoms with Gasteiger partial charge < -0.3 is 26.0 Å². The maximum absolute atomic E-state index is 13.7. The Morgan fingerprint density at radius 3 is 2.17 bits per heavy atom. The minimum absolute atomic E-state index is 0.0864. The van der Waals surface area contributed by atoms with Gasteiger partial charge in [0.15, 0.2) is 0 Å². The number of nitrogens with zero attached hydrogens (tertiary/aromatic N) is 1. The fraction of sp³-hybridized carbons (Fsp3) is 0.615. The van der Waals surface area contributed by atoms with Gasteiger partial charge in [0.25, 0.3) is 0 Å². The van der Waals surface area contributed by atoms with Crippen LogP contribution in [0.1, 0.15) is 83.5 Å². The first kappa shape index (κ1) is 29.9. The number of hydrogen-bond donors (Lipinski definition) is 3. The zero-order valence-electron chi connectivity index (χ0n) is 22.4. The number of primary amides is 1. The molecule has 9 heteroatoms. The molecular formula is C26H42N4O5. The van der Waals surface area contributed by atoms with Crippen LogP contribution in [-0.4, -0.2) is 52.9 Å². The Labute approximate surface area is 209 Å². The van der Waals surface area contributed by atoms with E-state index in [4.69, 9.17) is 10.5 Å². The van der Waals surface area contributed by atoms with Crippen LogP contribution in [0.5, 0.6) is 0 Å². The first-order chi connectivity index (χ1) is 16.2. The average Bonchev–Trinajstić information content (AvgIpc) is 2.71. The maximum atomic E-state index is 13.7. The summed E-state index contributed by atoms with van der Waals surface area (Å²) in [6.45, 7) is 14.8. The summed E-state index contributed by atoms with van der Waals surface area (Å²) < 4.78 is 5.26. The molecule has 0 aromatic heterocycles. The van der Waals surface area contributed by atoms with Crippen molar-refractivity contribution < 1.29 is 23.9 Å². The summed E-state index contributed by atoms with van der Waals surface area (Å²) in [7, 11) is 0. The van der Waals surface area contributed by atoms with Crippen LogP contribution in [-0.2, 0) is 19.1 Å². The molecule has 4 amide bonds. The molecule has 0 bridgehead atoms. The Morgan fingerprint density at radius 2 is 1.69 bits per heavy atom. The largest absolute Gasteiger partial charge is 0.444 e. The van der Waals surface area contributed by atoms with Crippen molar-refractivity contribution in [1.29, 1.82) is 0 Å². The Hall–Kier alpha value is -3.10. The first-order valence-electron chi connectivity index (χ1n) is 12.2. The predicted molar refractivity (Wildman–Crippen MR) is 136 cm³/mol. The third-order valence-electron chi connectivity index (χ3n) is 5.54. The molecule has 196 valence electrons. The number of alkyl carbamates (subject to hydrolysis) is 1. The summed E-state index contributed by atoms with van der Waals surface area (Å²) in [6, 6.07) is 3.27. The van der Waals surface area contributed by atoms with E-state index in [0.717, 1.165) is 24.0 Å². The average molecular weight is 491 g/mol. The fourth-order valence-electron chi connectivity index (χ4n) is 3.75. The predicted octanol–water partition coefficient (Wildman–Crippen LogP) is 3.27. The van der Waals surface area contributed by atoms with Gasteiger partial charge in [0.2, 0.25) is 17.7 Å². The fourth-order valence-corrected chi connectivity index (χ4v) is 3.75. The highest BCUT2D eigenvalue weighted by molar-refractivity contribution is 5.94. The highest BCUT2D eigenvalue weighted by atomic mass is 16.6. The van der Waals surface area contributed by atoms with Gasteiger partial charge in [-0.25, -0.2) is 4.79 Å². The molecule has 1 aromatic rings. The minimum Gasteiger partial charge on any atom is -0.444 e. The molecule has 0 heterocycles. The summed E-state index contributed by atoms with van der Waals surface area (Å²) in [5, 5.41) is 5.46. The van der Waals surface area contributed by atoms with Gasteiger partial charge in [0, 0.05) is 12.6 Å². The van der Waals surface area contributed by atoms with Crippen molar-refractivity contribution in [3.8, 4) is 0 Å². The quantitative estimate of drug-likeness (QED) is 0.438. The van der Waals surface area contributed by atoms with Gasteiger partial charge in [0.05, 0.1) is 6.42 Å². The Balaban J connectivity index is 3.42. The third kappa shape index (κ3) is 9.58. The normalized spacial score (nSPS) is 13.8. The van der Waals surface area contributed by atoms with Gasteiger partial charge in [0.1, 0.15) is 17.7 Å². The Morgan fingerprint density at radius 1 is 1.06 bits per heavy atom. The molecule has 35 heavy (non-hydrogen) atoms. The van der Waals surface area contributed by atoms with Crippen molar-refractivity contribution >= 4 is 23.8 Å². The molecule has 0 aliphatic carbocycles. The lowest BCUT2D eigenvalue weighted by Gasteiger charge is -2.34. The molecule has 0 spiro atoms. The standard InChI is InChI=1S/C26H42N4O5/c1-9-11-18(5)28-23(32)22(19-13-12-16(3)17(4)14-19)30(10-2)24(33)20(15-21(27)31)29-25(34)35-26(6,7)8/h12-14,18,20,22H,9-11,15H2,1-8H3,(H2,27,31)(H,28,32)(H,29,34). The molecule has 0 saturated carbocycles. The topological polar surface area (TPSA) is 131 Å². The van der Waals surface area contributed by atoms with Crippen LogP contribution < -0.4 is 16.4 Å². The number of carbonyl (C=O) groups is 4. The number of rotatable bonds is 11. The third-order valence-corrected chi connectivity index (χ3v) is 5.54. The minimum atomic E-state index is -1.28. The number of ether oxygens (including phenoxy) is 1. The lowest BCUT2D eigenvalue weighted by Crippen LogP contribution is -2.54. The monoisotopic (exact) mass is 490 g/mol. The molecular weight excluding hydrogens is 448 g/mol. The summed E-state index contributed by atoms with van der Waals surface area (Å²) in [5.74, 6) is -1.70. The number of nitrogens with one attached hydrogen (secondary N) is 2. The molecule has 0 aliphatic rings. The number of hydrogen-bond acceptors (Lipinski definition) is 5. The van der Waals surface area contributed by atoms with Gasteiger partial charge in [-0.2, -0.15) is 0 Å². The highest BCUT2D eigenvalue weighted by Crippen LogP contribution is 2.25. The van der Waals surface area contributed by atoms with Gasteiger partial charge in [-0.05, 0) is 71.6 Å². The molecule has 4 N–H and O–H groups in total. The second-order valence-electron chi connectivity index (χ2n) is 9.94. The Bertz CT molecular complexity index is 909. The smallest absolute Gasteiger partial charge is 0.408 e. The highest BCUT2D eigenvalue weighted by Gasteiger charge is 2.36. The van der Waals surface area contributed by atoms with Crippen LogP contribution in [0, 0.1) is 13.8 Å². The number of amides is 4. The van der Waals surface area contributed by atoms with Crippen LogP contribution in [0.2, 0.25) is 0 Å². The zero-order valence-corrected chi connectivity index (χ0v) is 22.4. The summed E-state index contributed by atoms with van der Waals surface area (Å²) in [6.07, 6.45) is 0.405. The Kier molecular flexibility index (Phi) is 11.2. The van der Waals surface area contributed by atoms with Crippen molar-refractivity contribution in [1.82, 2.24) is 15.5 Å². The lowest BCUT2D eigenvalue weighted by molar-refractivity contribution is -0.143. The van der Waals surface area contributed by atoms with Crippen LogP contribution in [0.3, 0.4) is 0 Å². The van der Waals surface area contributed by atoms with Crippen molar-refractivity contribution in [3.63, 3.8) is 0 Å². The summed E-state index contributed by atoms with van der Waals surface area (Å²) in [4.78, 5) is 52.7. The lowest BCUT2D eigenvalue weighted by atomic mass is 9.97. The van der Waals surface area contributed by atoms with Gasteiger partial charge in [-0.15, -0.1) is 0 Å². The number of aryl methyl sites for hydroxylation is 2. The van der Waals surface area contributed by atoms with Crippen molar-refractivity contribution in [3.05, 3.63) is 34.9 Å². The van der Waals surface area contributed by atoms with Crippen molar-refractivity contribution in [2.75, 3.05) is 6.54 Å². The molecule has 1 aromatic carbocycles. The maximum Gasteiger partial charge on any atom is 0.408 e. The van der Waals surface area contributed by atoms with E-state index in [9.17, 15) is 19.2 Å². The van der Waals surface area contributed by atoms with E-state index in [2.05, 4.69) is 10.6 Å². The number of carbonyl (C=O) groups excluding carboxylic acids is 4. The van der Waals surface area contributed by atoms with Gasteiger partial charge in [-0.1, -0.05) is 31.5 Å². The van der Waals surface area contributed by atoms with Crippen LogP contribution in [0.4, 0.5) is 4.79 Å². The summed E-state index contributed by atoms with van der Waals surface area (Å²) in [5.41, 5.74) is 7.25. The number of likely N-dealkylation sites (N-methyl/N-ethyl adjacent to an activating group) is 1. The van der Waals surface area contributed by atoms with E-state index in [-0.39, 0.29) is 18.5 Å². The van der Waals surface area contributed by atoms with Gasteiger partial charge in [-0.3, -0.25) is 14.4 Å². The van der Waals surface area contributed by atoms with E-state index >= 15 is 0 Å². The molecule has 0 radical (unpaired) electrons. The van der Waals surface area contributed by atoms with E-state index in [1.165, 1.54) is 4.90 Å². The van der Waals surface area contributed by atoms with E-state index in [0.29, 0.717) is 5.56 Å². The molecule has 1 rings (SSSR count). The molecule has 0 saturated heterocycles. The molecule has 9 nitrogen and oxygen atoms in total. The number of benzene rings is 1. The van der Waals surface area contributed by atoms with E-state index in [1.54, 1.807) is 27.7 Å². The molecule has 3 atom stereocenters. The van der Waals surface area contributed by atoms with Crippen LogP contribution in [0.25, 0.3) is 0 Å². The van der Waals surface area contributed by atoms with Crippen LogP contribution in [0.15, 0.2) is 18.2 Å².